The first-order valence-corrected chi connectivity index (χ1v) is 6.27. The molecule has 1 saturated carbocycles. The van der Waals surface area contributed by atoms with Gasteiger partial charge in [-0.1, -0.05) is 30.6 Å². The largest absolute Gasteiger partial charge is 0.339 e. The normalized spacial score (nSPS) is 23.9. The van der Waals surface area contributed by atoms with Gasteiger partial charge in [0.05, 0.1) is 22.9 Å². The molecule has 1 fully saturated rings. The summed E-state index contributed by atoms with van der Waals surface area (Å²) < 4.78 is 5.26. The van der Waals surface area contributed by atoms with Crippen molar-refractivity contribution in [3.63, 3.8) is 0 Å². The van der Waals surface area contributed by atoms with Gasteiger partial charge in [-0.05, 0) is 17.5 Å². The van der Waals surface area contributed by atoms with E-state index in [1.165, 1.54) is 6.20 Å². The van der Waals surface area contributed by atoms with E-state index in [1.54, 1.807) is 12.1 Å². The molecule has 2 aromatic rings. The molecule has 2 unspecified atom stereocenters. The summed E-state index contributed by atoms with van der Waals surface area (Å²) in [4.78, 5) is 8.47. The molecule has 0 bridgehead atoms. The van der Waals surface area contributed by atoms with Crippen molar-refractivity contribution in [2.75, 3.05) is 0 Å². The zero-order valence-corrected chi connectivity index (χ0v) is 11.2. The summed E-state index contributed by atoms with van der Waals surface area (Å²) >= 11 is 5.78. The molecule has 1 aliphatic rings. The summed E-state index contributed by atoms with van der Waals surface area (Å²) in [5, 5.41) is 13.5. The van der Waals surface area contributed by atoms with Crippen molar-refractivity contribution in [2.45, 2.75) is 19.8 Å². The quantitative estimate of drug-likeness (QED) is 0.841. The minimum Gasteiger partial charge on any atom is -0.339 e. The highest BCUT2D eigenvalue weighted by Gasteiger charge is 2.62. The van der Waals surface area contributed by atoms with Gasteiger partial charge >= 0.3 is 0 Å². The second-order valence-corrected chi connectivity index (χ2v) is 5.66. The van der Waals surface area contributed by atoms with Crippen molar-refractivity contribution in [1.29, 1.82) is 5.26 Å². The summed E-state index contributed by atoms with van der Waals surface area (Å²) in [5.41, 5.74) is 0.498. The van der Waals surface area contributed by atoms with E-state index < -0.39 is 0 Å². The van der Waals surface area contributed by atoms with Crippen LogP contribution in [-0.2, 0) is 0 Å². The van der Waals surface area contributed by atoms with E-state index in [0.717, 1.165) is 0 Å². The van der Waals surface area contributed by atoms with Crippen LogP contribution in [0.5, 0.6) is 0 Å². The van der Waals surface area contributed by atoms with E-state index in [9.17, 15) is 0 Å². The number of rotatable bonds is 2. The van der Waals surface area contributed by atoms with Crippen LogP contribution < -0.4 is 0 Å². The second-order valence-electron chi connectivity index (χ2n) is 5.22. The van der Waals surface area contributed by atoms with Crippen LogP contribution in [0.25, 0.3) is 11.5 Å². The van der Waals surface area contributed by atoms with E-state index >= 15 is 0 Å². The van der Waals surface area contributed by atoms with Gasteiger partial charge in [-0.15, -0.1) is 0 Å². The van der Waals surface area contributed by atoms with Crippen molar-refractivity contribution < 1.29 is 4.52 Å². The number of nitriles is 1. The van der Waals surface area contributed by atoms with Crippen LogP contribution in [0.1, 0.15) is 25.7 Å². The number of hydrogen-bond donors (Lipinski definition) is 0. The minimum absolute atomic E-state index is 0.00560. The van der Waals surface area contributed by atoms with E-state index in [2.05, 4.69) is 21.2 Å². The van der Waals surface area contributed by atoms with E-state index in [4.69, 9.17) is 21.4 Å². The van der Waals surface area contributed by atoms with Gasteiger partial charge in [-0.3, -0.25) is 4.98 Å². The first-order valence-electron chi connectivity index (χ1n) is 5.89. The third kappa shape index (κ3) is 1.89. The Kier molecular flexibility index (Phi) is 2.58. The maximum atomic E-state index is 9.06. The molecule has 0 saturated heterocycles. The molecule has 96 valence electrons. The molecule has 3 rings (SSSR count). The smallest absolute Gasteiger partial charge is 0.232 e. The Morgan fingerprint density at radius 2 is 2.21 bits per heavy atom. The predicted octanol–water partition coefficient (Wildman–Crippen LogP) is 3.05. The Morgan fingerprint density at radius 1 is 1.42 bits per heavy atom. The number of aromatic nitrogens is 3. The van der Waals surface area contributed by atoms with Crippen molar-refractivity contribution in [2.24, 2.45) is 11.3 Å². The summed E-state index contributed by atoms with van der Waals surface area (Å²) in [6.45, 7) is 4.05. The molecule has 2 atom stereocenters. The number of hydrogen-bond acceptors (Lipinski definition) is 5. The SMILES string of the molecule is CC1(C)C(C#N)C1c1nc(-c2ccc(Cl)cn2)no1. The van der Waals surface area contributed by atoms with Crippen molar-refractivity contribution in [1.82, 2.24) is 15.1 Å². The topological polar surface area (TPSA) is 75.6 Å². The lowest BCUT2D eigenvalue weighted by Crippen LogP contribution is -1.90. The molecule has 0 amide bonds. The van der Waals surface area contributed by atoms with Crippen LogP contribution in [0, 0.1) is 22.7 Å². The molecule has 0 aromatic carbocycles. The average molecular weight is 275 g/mol. The Hall–Kier alpha value is -1.93. The molecular weight excluding hydrogens is 264 g/mol. The molecule has 6 heteroatoms. The third-order valence-electron chi connectivity index (χ3n) is 3.63. The lowest BCUT2D eigenvalue weighted by atomic mass is 10.1. The second kappa shape index (κ2) is 4.04. The number of pyridine rings is 1. The van der Waals surface area contributed by atoms with Gasteiger partial charge in [0, 0.05) is 6.20 Å². The van der Waals surface area contributed by atoms with E-state index in [1.807, 2.05) is 13.8 Å². The fourth-order valence-electron chi connectivity index (χ4n) is 2.31. The summed E-state index contributed by atoms with van der Waals surface area (Å²) in [6, 6.07) is 5.73. The Bertz CT molecular complexity index is 656. The molecule has 0 N–H and O–H groups in total. The van der Waals surface area contributed by atoms with E-state index in [0.29, 0.717) is 22.4 Å². The molecule has 19 heavy (non-hydrogen) atoms. The Balaban J connectivity index is 1.89. The number of nitrogens with zero attached hydrogens (tertiary/aromatic N) is 4. The highest BCUT2D eigenvalue weighted by Crippen LogP contribution is 2.63. The van der Waals surface area contributed by atoms with Crippen LogP contribution in [0.4, 0.5) is 0 Å². The van der Waals surface area contributed by atoms with Crippen molar-refractivity contribution >= 4 is 11.6 Å². The first-order chi connectivity index (χ1) is 9.04. The predicted molar refractivity (Wildman–Crippen MR) is 68.2 cm³/mol. The minimum atomic E-state index is -0.105. The Labute approximate surface area is 115 Å². The summed E-state index contributed by atoms with van der Waals surface area (Å²) in [7, 11) is 0. The fourth-order valence-corrected chi connectivity index (χ4v) is 2.43. The molecule has 1 aliphatic carbocycles. The lowest BCUT2D eigenvalue weighted by Gasteiger charge is -1.95. The van der Waals surface area contributed by atoms with Crippen molar-refractivity contribution in [3.05, 3.63) is 29.2 Å². The van der Waals surface area contributed by atoms with Crippen LogP contribution in [0.2, 0.25) is 5.02 Å². The summed E-state index contributed by atoms with van der Waals surface area (Å²) in [6.07, 6.45) is 1.53. The average Bonchev–Trinajstić information content (AvgIpc) is 2.76. The Morgan fingerprint density at radius 3 is 2.79 bits per heavy atom. The van der Waals surface area contributed by atoms with Gasteiger partial charge < -0.3 is 4.52 Å². The third-order valence-corrected chi connectivity index (χ3v) is 3.85. The maximum Gasteiger partial charge on any atom is 0.232 e. The van der Waals surface area contributed by atoms with Gasteiger partial charge in [0.25, 0.3) is 0 Å². The maximum absolute atomic E-state index is 9.06. The van der Waals surface area contributed by atoms with Gasteiger partial charge in [0.1, 0.15) is 5.69 Å². The van der Waals surface area contributed by atoms with Crippen LogP contribution >= 0.6 is 11.6 Å². The lowest BCUT2D eigenvalue weighted by molar-refractivity contribution is 0.368. The molecule has 5 nitrogen and oxygen atoms in total. The van der Waals surface area contributed by atoms with Crippen LogP contribution in [-0.4, -0.2) is 15.1 Å². The fraction of sp³-hybridized carbons (Fsp3) is 0.385. The van der Waals surface area contributed by atoms with Gasteiger partial charge in [-0.2, -0.15) is 10.2 Å². The van der Waals surface area contributed by atoms with Gasteiger partial charge in [0.2, 0.25) is 11.7 Å². The highest BCUT2D eigenvalue weighted by molar-refractivity contribution is 6.30. The number of halogens is 1. The van der Waals surface area contributed by atoms with Crippen LogP contribution in [0.3, 0.4) is 0 Å². The molecule has 0 aliphatic heterocycles. The molecule has 2 heterocycles. The monoisotopic (exact) mass is 274 g/mol. The van der Waals surface area contributed by atoms with Crippen LogP contribution in [0.15, 0.2) is 22.9 Å². The molecule has 0 radical (unpaired) electrons. The zero-order valence-electron chi connectivity index (χ0n) is 10.5. The first kappa shape index (κ1) is 12.1. The van der Waals surface area contributed by atoms with Gasteiger partial charge in [0.15, 0.2) is 0 Å². The molecule has 2 aromatic heterocycles. The standard InChI is InChI=1S/C13H11ClN4O/c1-13(2)8(5-15)10(13)12-17-11(18-19-12)9-4-3-7(14)6-16-9/h3-4,6,8,10H,1-2H3. The highest BCUT2D eigenvalue weighted by atomic mass is 35.5. The van der Waals surface area contributed by atoms with Gasteiger partial charge in [-0.25, -0.2) is 0 Å². The zero-order chi connectivity index (χ0) is 13.6. The summed E-state index contributed by atoms with van der Waals surface area (Å²) in [5.74, 6) is 0.861. The molecular formula is C13H11ClN4O. The molecule has 0 spiro atoms. The van der Waals surface area contributed by atoms with E-state index in [-0.39, 0.29) is 17.3 Å². The van der Waals surface area contributed by atoms with Crippen molar-refractivity contribution in [3.8, 4) is 17.6 Å².